The predicted octanol–water partition coefficient (Wildman–Crippen LogP) is 0.826. The van der Waals surface area contributed by atoms with Crippen molar-refractivity contribution in [2.45, 2.75) is 0 Å². The SMILES string of the molecule is NC(=NCCNC(=O)c1ccc(Br)cc1)N1CCOCC1. The molecular weight excluding hydrogens is 336 g/mol. The minimum atomic E-state index is -0.109. The lowest BCUT2D eigenvalue weighted by Gasteiger charge is -2.27. The third-order valence-corrected chi connectivity index (χ3v) is 3.64. The fraction of sp³-hybridized carbons (Fsp3) is 0.429. The summed E-state index contributed by atoms with van der Waals surface area (Å²) in [6.07, 6.45) is 0. The molecule has 0 atom stereocenters. The first-order chi connectivity index (χ1) is 10.2. The quantitative estimate of drug-likeness (QED) is 0.476. The first-order valence-electron chi connectivity index (χ1n) is 6.83. The molecule has 1 aliphatic heterocycles. The third-order valence-electron chi connectivity index (χ3n) is 3.11. The summed E-state index contributed by atoms with van der Waals surface area (Å²) in [5.41, 5.74) is 6.52. The van der Waals surface area contributed by atoms with Crippen molar-refractivity contribution in [3.63, 3.8) is 0 Å². The number of benzene rings is 1. The lowest BCUT2D eigenvalue weighted by Crippen LogP contribution is -2.45. The van der Waals surface area contributed by atoms with Gasteiger partial charge >= 0.3 is 0 Å². The Balaban J connectivity index is 1.73. The summed E-state index contributed by atoms with van der Waals surface area (Å²) < 4.78 is 6.20. The number of carbonyl (C=O) groups is 1. The van der Waals surface area contributed by atoms with Crippen molar-refractivity contribution in [2.75, 3.05) is 39.4 Å². The highest BCUT2D eigenvalue weighted by Crippen LogP contribution is 2.10. The molecule has 7 heteroatoms. The van der Waals surface area contributed by atoms with E-state index in [4.69, 9.17) is 10.5 Å². The van der Waals surface area contributed by atoms with Gasteiger partial charge in [0.15, 0.2) is 5.96 Å². The van der Waals surface area contributed by atoms with E-state index in [-0.39, 0.29) is 5.91 Å². The molecule has 114 valence electrons. The molecule has 0 aromatic heterocycles. The molecule has 0 radical (unpaired) electrons. The Hall–Kier alpha value is -1.60. The minimum absolute atomic E-state index is 0.109. The molecule has 1 saturated heterocycles. The average molecular weight is 355 g/mol. The number of nitrogens with one attached hydrogen (secondary N) is 1. The molecule has 1 aliphatic rings. The van der Waals surface area contributed by atoms with Gasteiger partial charge in [0.2, 0.25) is 0 Å². The number of halogens is 1. The van der Waals surface area contributed by atoms with Crippen molar-refractivity contribution >= 4 is 27.8 Å². The molecule has 0 saturated carbocycles. The predicted molar refractivity (Wildman–Crippen MR) is 85.4 cm³/mol. The molecule has 0 unspecified atom stereocenters. The molecule has 2 rings (SSSR count). The second-order valence-corrected chi connectivity index (χ2v) is 5.52. The van der Waals surface area contributed by atoms with Gasteiger partial charge in [-0.25, -0.2) is 0 Å². The molecule has 1 aromatic carbocycles. The molecule has 0 aliphatic carbocycles. The van der Waals surface area contributed by atoms with Crippen LogP contribution in [0.4, 0.5) is 0 Å². The topological polar surface area (TPSA) is 79.9 Å². The van der Waals surface area contributed by atoms with Crippen molar-refractivity contribution in [1.82, 2.24) is 10.2 Å². The van der Waals surface area contributed by atoms with Gasteiger partial charge in [0, 0.05) is 29.7 Å². The number of nitrogens with zero attached hydrogens (tertiary/aromatic N) is 2. The van der Waals surface area contributed by atoms with E-state index in [0.717, 1.165) is 17.6 Å². The maximum absolute atomic E-state index is 11.9. The van der Waals surface area contributed by atoms with Crippen molar-refractivity contribution in [3.8, 4) is 0 Å². The van der Waals surface area contributed by atoms with E-state index in [2.05, 4.69) is 26.2 Å². The van der Waals surface area contributed by atoms with Crippen molar-refractivity contribution in [1.29, 1.82) is 0 Å². The van der Waals surface area contributed by atoms with E-state index in [9.17, 15) is 4.79 Å². The number of carbonyl (C=O) groups excluding carboxylic acids is 1. The van der Waals surface area contributed by atoms with Crippen LogP contribution in [-0.2, 0) is 4.74 Å². The Morgan fingerprint density at radius 1 is 1.33 bits per heavy atom. The number of hydrogen-bond donors (Lipinski definition) is 2. The van der Waals surface area contributed by atoms with Gasteiger partial charge in [-0.2, -0.15) is 0 Å². The number of amides is 1. The second kappa shape index (κ2) is 7.99. The van der Waals surface area contributed by atoms with Gasteiger partial charge in [-0.15, -0.1) is 0 Å². The van der Waals surface area contributed by atoms with Crippen LogP contribution in [0.3, 0.4) is 0 Å². The van der Waals surface area contributed by atoms with Crippen LogP contribution >= 0.6 is 15.9 Å². The van der Waals surface area contributed by atoms with Crippen molar-refractivity contribution in [2.24, 2.45) is 10.7 Å². The van der Waals surface area contributed by atoms with Gasteiger partial charge in [0.05, 0.1) is 19.8 Å². The highest BCUT2D eigenvalue weighted by molar-refractivity contribution is 9.10. The number of morpholine rings is 1. The molecule has 1 amide bonds. The van der Waals surface area contributed by atoms with Gasteiger partial charge in [-0.05, 0) is 24.3 Å². The van der Waals surface area contributed by atoms with Crippen molar-refractivity contribution in [3.05, 3.63) is 34.3 Å². The van der Waals surface area contributed by atoms with Crippen LogP contribution < -0.4 is 11.1 Å². The van der Waals surface area contributed by atoms with E-state index in [0.29, 0.717) is 37.8 Å². The Morgan fingerprint density at radius 2 is 2.00 bits per heavy atom. The fourth-order valence-corrected chi connectivity index (χ4v) is 2.20. The highest BCUT2D eigenvalue weighted by atomic mass is 79.9. The van der Waals surface area contributed by atoms with Crippen LogP contribution in [0.5, 0.6) is 0 Å². The normalized spacial score (nSPS) is 15.9. The molecule has 1 aromatic rings. The average Bonchev–Trinajstić information content (AvgIpc) is 2.52. The Labute approximate surface area is 132 Å². The highest BCUT2D eigenvalue weighted by Gasteiger charge is 2.11. The molecule has 0 spiro atoms. The molecule has 21 heavy (non-hydrogen) atoms. The van der Waals surface area contributed by atoms with Gasteiger partial charge in [0.1, 0.15) is 0 Å². The molecule has 0 bridgehead atoms. The molecular formula is C14H19BrN4O2. The largest absolute Gasteiger partial charge is 0.378 e. The number of nitrogens with two attached hydrogens (primary N) is 1. The summed E-state index contributed by atoms with van der Waals surface area (Å²) in [6.45, 7) is 3.81. The van der Waals surface area contributed by atoms with Crippen LogP contribution in [0, 0.1) is 0 Å². The lowest BCUT2D eigenvalue weighted by molar-refractivity contribution is 0.0674. The zero-order chi connectivity index (χ0) is 15.1. The molecule has 1 heterocycles. The van der Waals surface area contributed by atoms with Gasteiger partial charge < -0.3 is 20.7 Å². The second-order valence-electron chi connectivity index (χ2n) is 4.60. The molecule has 1 fully saturated rings. The van der Waals surface area contributed by atoms with Crippen LogP contribution in [0.15, 0.2) is 33.7 Å². The van der Waals surface area contributed by atoms with E-state index < -0.39 is 0 Å². The summed E-state index contributed by atoms with van der Waals surface area (Å²) in [5, 5.41) is 2.82. The van der Waals surface area contributed by atoms with E-state index in [1.807, 2.05) is 17.0 Å². The monoisotopic (exact) mass is 354 g/mol. The first-order valence-corrected chi connectivity index (χ1v) is 7.62. The van der Waals surface area contributed by atoms with Crippen LogP contribution in [0.25, 0.3) is 0 Å². The fourth-order valence-electron chi connectivity index (χ4n) is 1.94. The number of aliphatic imine (C=N–C) groups is 1. The standard InChI is InChI=1S/C14H19BrN4O2/c15-12-3-1-11(2-4-12)13(20)17-5-6-18-14(16)19-7-9-21-10-8-19/h1-4H,5-10H2,(H2,16,18)(H,17,20). The van der Waals surface area contributed by atoms with Gasteiger partial charge in [-0.1, -0.05) is 15.9 Å². The van der Waals surface area contributed by atoms with Crippen LogP contribution in [-0.4, -0.2) is 56.2 Å². The van der Waals surface area contributed by atoms with E-state index in [1.54, 1.807) is 12.1 Å². The summed E-state index contributed by atoms with van der Waals surface area (Å²) in [4.78, 5) is 18.1. The van der Waals surface area contributed by atoms with Crippen LogP contribution in [0.2, 0.25) is 0 Å². The zero-order valence-electron chi connectivity index (χ0n) is 11.7. The van der Waals surface area contributed by atoms with Crippen LogP contribution in [0.1, 0.15) is 10.4 Å². The third kappa shape index (κ3) is 5.02. The maximum Gasteiger partial charge on any atom is 0.251 e. The Morgan fingerprint density at radius 3 is 2.67 bits per heavy atom. The summed E-state index contributed by atoms with van der Waals surface area (Å²) >= 11 is 3.34. The zero-order valence-corrected chi connectivity index (χ0v) is 13.3. The minimum Gasteiger partial charge on any atom is -0.378 e. The summed E-state index contributed by atoms with van der Waals surface area (Å²) in [7, 11) is 0. The maximum atomic E-state index is 11.9. The Bertz CT molecular complexity index is 498. The van der Waals surface area contributed by atoms with Gasteiger partial charge in [-0.3, -0.25) is 9.79 Å². The molecule has 3 N–H and O–H groups in total. The summed E-state index contributed by atoms with van der Waals surface area (Å²) in [6, 6.07) is 7.21. The molecule has 6 nitrogen and oxygen atoms in total. The first kappa shape index (κ1) is 15.8. The number of hydrogen-bond acceptors (Lipinski definition) is 3. The van der Waals surface area contributed by atoms with Crippen molar-refractivity contribution < 1.29 is 9.53 Å². The lowest BCUT2D eigenvalue weighted by atomic mass is 10.2. The number of guanidine groups is 1. The smallest absolute Gasteiger partial charge is 0.251 e. The number of rotatable bonds is 4. The van der Waals surface area contributed by atoms with E-state index >= 15 is 0 Å². The summed E-state index contributed by atoms with van der Waals surface area (Å²) in [5.74, 6) is 0.402. The van der Waals surface area contributed by atoms with Gasteiger partial charge in [0.25, 0.3) is 5.91 Å². The Kier molecular flexibility index (Phi) is 6.01. The van der Waals surface area contributed by atoms with E-state index in [1.165, 1.54) is 0 Å². The number of ether oxygens (including phenoxy) is 1.